The van der Waals surface area contributed by atoms with E-state index in [4.69, 9.17) is 5.10 Å². The normalized spacial score (nSPS) is 15.4. The average molecular weight is 432 g/mol. The molecule has 4 rings (SSSR count). The summed E-state index contributed by atoms with van der Waals surface area (Å²) in [5.74, 6) is 0.0955. The molecule has 1 N–H and O–H groups in total. The maximum absolute atomic E-state index is 12.4. The van der Waals surface area contributed by atoms with Gasteiger partial charge >= 0.3 is 0 Å². The first-order valence-electron chi connectivity index (χ1n) is 11.5. The third-order valence-electron chi connectivity index (χ3n) is 6.20. The lowest BCUT2D eigenvalue weighted by Crippen LogP contribution is -2.39. The van der Waals surface area contributed by atoms with Gasteiger partial charge in [-0.3, -0.25) is 14.6 Å². The number of aromatic nitrogens is 2. The van der Waals surface area contributed by atoms with Gasteiger partial charge in [0.15, 0.2) is 0 Å². The number of hydrogen-bond donors (Lipinski definition) is 1. The molecule has 0 saturated carbocycles. The number of carbonyl (C=O) groups is 1. The summed E-state index contributed by atoms with van der Waals surface area (Å²) >= 11 is 0. The highest BCUT2D eigenvalue weighted by Gasteiger charge is 2.20. The van der Waals surface area contributed by atoms with Crippen LogP contribution in [-0.2, 0) is 17.9 Å². The highest BCUT2D eigenvalue weighted by atomic mass is 16.2. The highest BCUT2D eigenvalue weighted by Crippen LogP contribution is 2.20. The summed E-state index contributed by atoms with van der Waals surface area (Å²) in [6.07, 6.45) is 1.07. The molecular formula is C26H33N5O. The summed E-state index contributed by atoms with van der Waals surface area (Å²) in [5, 5.41) is 7.84. The van der Waals surface area contributed by atoms with Crippen molar-refractivity contribution in [1.82, 2.24) is 24.9 Å². The SMILES string of the molecule is Cc1nn(-c2ccccc2)c(C)c1CN1CCCN(CC(=O)NCc2ccccc2)CC1. The van der Waals surface area contributed by atoms with E-state index < -0.39 is 0 Å². The standard InChI is InChI=1S/C26H33N5O/c1-21-25(22(2)31(28-21)24-12-7-4-8-13-24)19-29-14-9-15-30(17-16-29)20-26(32)27-18-23-10-5-3-6-11-23/h3-8,10-13H,9,14-20H2,1-2H3,(H,27,32). The summed E-state index contributed by atoms with van der Waals surface area (Å²) in [6, 6.07) is 20.4. The fraction of sp³-hybridized carbons (Fsp3) is 0.385. The van der Waals surface area contributed by atoms with Crippen LogP contribution in [0.3, 0.4) is 0 Å². The Kier molecular flexibility index (Phi) is 7.35. The van der Waals surface area contributed by atoms with Crippen LogP contribution in [0.15, 0.2) is 60.7 Å². The molecule has 0 bridgehead atoms. The average Bonchev–Trinajstić information content (AvgIpc) is 2.96. The number of nitrogens with zero attached hydrogens (tertiary/aromatic N) is 4. The number of carbonyl (C=O) groups excluding carboxylic acids is 1. The van der Waals surface area contributed by atoms with Crippen LogP contribution in [0, 0.1) is 13.8 Å². The van der Waals surface area contributed by atoms with Crippen molar-refractivity contribution in [3.8, 4) is 5.69 Å². The van der Waals surface area contributed by atoms with E-state index in [-0.39, 0.29) is 5.91 Å². The first kappa shape index (κ1) is 22.2. The number of nitrogens with one attached hydrogen (secondary N) is 1. The van der Waals surface area contributed by atoms with Crippen molar-refractivity contribution < 1.29 is 4.79 Å². The molecule has 0 atom stereocenters. The van der Waals surface area contributed by atoms with E-state index in [2.05, 4.69) is 41.1 Å². The van der Waals surface area contributed by atoms with E-state index in [0.29, 0.717) is 13.1 Å². The quantitative estimate of drug-likeness (QED) is 0.624. The zero-order chi connectivity index (χ0) is 22.3. The monoisotopic (exact) mass is 431 g/mol. The molecule has 6 nitrogen and oxygen atoms in total. The van der Waals surface area contributed by atoms with E-state index in [1.807, 2.05) is 53.2 Å². The van der Waals surface area contributed by atoms with Gasteiger partial charge in [-0.2, -0.15) is 5.10 Å². The molecule has 0 aliphatic carbocycles. The second kappa shape index (κ2) is 10.6. The summed E-state index contributed by atoms with van der Waals surface area (Å²) in [7, 11) is 0. The topological polar surface area (TPSA) is 53.4 Å². The van der Waals surface area contributed by atoms with Crippen LogP contribution in [0.2, 0.25) is 0 Å². The van der Waals surface area contributed by atoms with Crippen LogP contribution < -0.4 is 5.32 Å². The minimum atomic E-state index is 0.0955. The molecule has 2 heterocycles. The predicted molar refractivity (Wildman–Crippen MR) is 128 cm³/mol. The Bertz CT molecular complexity index is 1020. The maximum Gasteiger partial charge on any atom is 0.234 e. The molecule has 3 aromatic rings. The Morgan fingerprint density at radius 2 is 1.56 bits per heavy atom. The number of aryl methyl sites for hydroxylation is 1. The zero-order valence-electron chi connectivity index (χ0n) is 19.1. The van der Waals surface area contributed by atoms with Crippen LogP contribution in [0.1, 0.15) is 28.9 Å². The predicted octanol–water partition coefficient (Wildman–Crippen LogP) is 3.31. The molecule has 168 valence electrons. The Morgan fingerprint density at radius 3 is 2.31 bits per heavy atom. The summed E-state index contributed by atoms with van der Waals surface area (Å²) in [4.78, 5) is 17.2. The van der Waals surface area contributed by atoms with Crippen LogP contribution >= 0.6 is 0 Å². The lowest BCUT2D eigenvalue weighted by atomic mass is 10.1. The smallest absolute Gasteiger partial charge is 0.234 e. The van der Waals surface area contributed by atoms with Gasteiger partial charge < -0.3 is 5.32 Å². The molecule has 1 amide bonds. The molecule has 1 aliphatic rings. The van der Waals surface area contributed by atoms with Crippen molar-refractivity contribution in [2.24, 2.45) is 0 Å². The van der Waals surface area contributed by atoms with Gasteiger partial charge in [0.1, 0.15) is 0 Å². The van der Waals surface area contributed by atoms with Gasteiger partial charge in [0.05, 0.1) is 17.9 Å². The second-order valence-corrected chi connectivity index (χ2v) is 8.56. The number of para-hydroxylation sites is 1. The fourth-order valence-corrected chi connectivity index (χ4v) is 4.34. The van der Waals surface area contributed by atoms with Gasteiger partial charge in [-0.1, -0.05) is 48.5 Å². The molecule has 0 radical (unpaired) electrons. The zero-order valence-corrected chi connectivity index (χ0v) is 19.1. The first-order chi connectivity index (χ1) is 15.6. The van der Waals surface area contributed by atoms with E-state index in [1.54, 1.807) is 0 Å². The van der Waals surface area contributed by atoms with Gasteiger partial charge in [-0.15, -0.1) is 0 Å². The molecule has 0 spiro atoms. The summed E-state index contributed by atoms with van der Waals surface area (Å²) in [5.41, 5.74) is 5.83. The molecule has 1 aliphatic heterocycles. The van der Waals surface area contributed by atoms with Crippen LogP contribution in [0.5, 0.6) is 0 Å². The van der Waals surface area contributed by atoms with E-state index in [1.165, 1.54) is 11.3 Å². The molecule has 1 aromatic heterocycles. The Morgan fingerprint density at radius 1 is 0.906 bits per heavy atom. The molecule has 32 heavy (non-hydrogen) atoms. The molecule has 1 saturated heterocycles. The number of rotatable bonds is 7. The minimum absolute atomic E-state index is 0.0955. The summed E-state index contributed by atoms with van der Waals surface area (Å²) in [6.45, 7) is 10.1. The number of benzene rings is 2. The van der Waals surface area contributed by atoms with Crippen LogP contribution in [0.25, 0.3) is 5.69 Å². The largest absolute Gasteiger partial charge is 0.351 e. The minimum Gasteiger partial charge on any atom is -0.351 e. The molecule has 1 fully saturated rings. The van der Waals surface area contributed by atoms with Gasteiger partial charge in [0.2, 0.25) is 5.91 Å². The van der Waals surface area contributed by atoms with Gasteiger partial charge in [-0.25, -0.2) is 4.68 Å². The number of hydrogen-bond acceptors (Lipinski definition) is 4. The van der Waals surface area contributed by atoms with Gasteiger partial charge in [0, 0.05) is 37.4 Å². The molecular weight excluding hydrogens is 398 g/mol. The van der Waals surface area contributed by atoms with Crippen LogP contribution in [0.4, 0.5) is 0 Å². The fourth-order valence-electron chi connectivity index (χ4n) is 4.34. The molecule has 0 unspecified atom stereocenters. The Balaban J connectivity index is 1.30. The lowest BCUT2D eigenvalue weighted by Gasteiger charge is -2.21. The lowest BCUT2D eigenvalue weighted by molar-refractivity contribution is -0.122. The summed E-state index contributed by atoms with van der Waals surface area (Å²) < 4.78 is 2.05. The van der Waals surface area contributed by atoms with Crippen molar-refractivity contribution in [3.63, 3.8) is 0 Å². The maximum atomic E-state index is 12.4. The van der Waals surface area contributed by atoms with E-state index in [9.17, 15) is 4.79 Å². The first-order valence-corrected chi connectivity index (χ1v) is 11.5. The van der Waals surface area contributed by atoms with Crippen molar-refractivity contribution in [3.05, 3.63) is 83.2 Å². The van der Waals surface area contributed by atoms with Crippen molar-refractivity contribution in [2.45, 2.75) is 33.4 Å². The van der Waals surface area contributed by atoms with Crippen molar-refractivity contribution in [1.29, 1.82) is 0 Å². The molecule has 2 aromatic carbocycles. The van der Waals surface area contributed by atoms with Crippen molar-refractivity contribution >= 4 is 5.91 Å². The van der Waals surface area contributed by atoms with Gasteiger partial charge in [-0.05, 0) is 51.1 Å². The Hall–Kier alpha value is -2.96. The highest BCUT2D eigenvalue weighted by molar-refractivity contribution is 5.78. The van der Waals surface area contributed by atoms with E-state index in [0.717, 1.165) is 56.1 Å². The van der Waals surface area contributed by atoms with E-state index >= 15 is 0 Å². The van der Waals surface area contributed by atoms with Gasteiger partial charge in [0.25, 0.3) is 0 Å². The van der Waals surface area contributed by atoms with Crippen LogP contribution in [-0.4, -0.2) is 58.2 Å². The number of amides is 1. The Labute approximate surface area is 190 Å². The van der Waals surface area contributed by atoms with Crippen molar-refractivity contribution in [2.75, 3.05) is 32.7 Å². The second-order valence-electron chi connectivity index (χ2n) is 8.56. The molecule has 6 heteroatoms. The third kappa shape index (κ3) is 5.64. The third-order valence-corrected chi connectivity index (χ3v) is 6.20.